The highest BCUT2D eigenvalue weighted by molar-refractivity contribution is 7.92. The van der Waals surface area contributed by atoms with Crippen molar-refractivity contribution in [2.45, 2.75) is 25.3 Å². The Labute approximate surface area is 148 Å². The molecule has 8 nitrogen and oxygen atoms in total. The number of aliphatic hydroxyl groups excluding tert-OH is 1. The molecule has 4 N–H and O–H groups in total. The molecule has 1 aliphatic rings. The SMILES string of the molecule is CS(=O)(=O)Nc1cccc(NC(=O)NCCN2CCCC[C@H]2CO)c1. The number of aliphatic hydroxyl groups is 1. The monoisotopic (exact) mass is 370 g/mol. The summed E-state index contributed by atoms with van der Waals surface area (Å²) in [7, 11) is -3.36. The van der Waals surface area contributed by atoms with Crippen LogP contribution in [0.4, 0.5) is 16.2 Å². The predicted octanol–water partition coefficient (Wildman–Crippen LogP) is 1.03. The number of hydrogen-bond acceptors (Lipinski definition) is 5. The minimum atomic E-state index is -3.36. The topological polar surface area (TPSA) is 111 Å². The molecule has 0 aromatic heterocycles. The number of rotatable bonds is 7. The summed E-state index contributed by atoms with van der Waals surface area (Å²) in [4.78, 5) is 14.2. The number of likely N-dealkylation sites (tertiary alicyclic amines) is 1. The van der Waals surface area contributed by atoms with E-state index in [4.69, 9.17) is 0 Å². The first-order valence-corrected chi connectivity index (χ1v) is 10.2. The second-order valence-corrected chi connectivity index (χ2v) is 7.95. The van der Waals surface area contributed by atoms with E-state index in [-0.39, 0.29) is 18.7 Å². The number of carbonyl (C=O) groups excluding carboxylic acids is 1. The van der Waals surface area contributed by atoms with E-state index in [9.17, 15) is 18.3 Å². The van der Waals surface area contributed by atoms with Crippen LogP contribution >= 0.6 is 0 Å². The summed E-state index contributed by atoms with van der Waals surface area (Å²) in [6, 6.07) is 6.32. The molecule has 0 unspecified atom stereocenters. The molecule has 2 amide bonds. The fraction of sp³-hybridized carbons (Fsp3) is 0.562. The average molecular weight is 370 g/mol. The molecule has 0 aliphatic carbocycles. The Morgan fingerprint density at radius 2 is 2.08 bits per heavy atom. The van der Waals surface area contributed by atoms with E-state index in [1.54, 1.807) is 24.3 Å². The zero-order chi connectivity index (χ0) is 18.3. The van der Waals surface area contributed by atoms with Crippen LogP contribution < -0.4 is 15.4 Å². The lowest BCUT2D eigenvalue weighted by atomic mass is 10.0. The molecule has 1 atom stereocenters. The maximum Gasteiger partial charge on any atom is 0.319 e. The molecule has 2 rings (SSSR count). The lowest BCUT2D eigenvalue weighted by molar-refractivity contribution is 0.0917. The molecule has 0 radical (unpaired) electrons. The largest absolute Gasteiger partial charge is 0.395 e. The number of piperidine rings is 1. The fourth-order valence-corrected chi connectivity index (χ4v) is 3.48. The number of carbonyl (C=O) groups is 1. The predicted molar refractivity (Wildman–Crippen MR) is 98.2 cm³/mol. The van der Waals surface area contributed by atoms with Crippen molar-refractivity contribution < 1.29 is 18.3 Å². The van der Waals surface area contributed by atoms with E-state index in [0.717, 1.165) is 32.1 Å². The number of hydrogen-bond donors (Lipinski definition) is 4. The standard InChI is InChI=1S/C16H26N4O4S/c1-25(23,24)19-14-6-4-5-13(11-14)18-16(22)17-8-10-20-9-3-2-7-15(20)12-21/h4-6,11,15,19,21H,2-3,7-10,12H2,1H3,(H2,17,18,22)/t15-/m0/s1. The molecule has 0 spiro atoms. The van der Waals surface area contributed by atoms with Crippen molar-refractivity contribution in [2.24, 2.45) is 0 Å². The van der Waals surface area contributed by atoms with Crippen LogP contribution in [-0.2, 0) is 10.0 Å². The van der Waals surface area contributed by atoms with Crippen LogP contribution in [-0.4, -0.2) is 63.0 Å². The average Bonchev–Trinajstić information content (AvgIpc) is 2.54. The number of amides is 2. The quantitative estimate of drug-likeness (QED) is 0.573. The number of nitrogens with one attached hydrogen (secondary N) is 3. The van der Waals surface area contributed by atoms with E-state index in [1.165, 1.54) is 0 Å². The molecule has 1 saturated heterocycles. The maximum atomic E-state index is 12.0. The fourth-order valence-electron chi connectivity index (χ4n) is 2.92. The number of nitrogens with zero attached hydrogens (tertiary/aromatic N) is 1. The van der Waals surface area contributed by atoms with Gasteiger partial charge in [-0.15, -0.1) is 0 Å². The number of benzene rings is 1. The first kappa shape index (κ1) is 19.5. The Morgan fingerprint density at radius 3 is 2.80 bits per heavy atom. The van der Waals surface area contributed by atoms with Gasteiger partial charge >= 0.3 is 6.03 Å². The Morgan fingerprint density at radius 1 is 1.32 bits per heavy atom. The molecule has 9 heteroatoms. The highest BCUT2D eigenvalue weighted by atomic mass is 32.2. The Hall–Kier alpha value is -1.84. The summed E-state index contributed by atoms with van der Waals surface area (Å²) in [5, 5.41) is 14.8. The molecular weight excluding hydrogens is 344 g/mol. The van der Waals surface area contributed by atoms with Gasteiger partial charge in [-0.05, 0) is 37.6 Å². The summed E-state index contributed by atoms with van der Waals surface area (Å²) in [5.41, 5.74) is 0.886. The molecule has 25 heavy (non-hydrogen) atoms. The normalized spacial score (nSPS) is 18.6. The second kappa shape index (κ2) is 9.02. The molecule has 1 fully saturated rings. The van der Waals surface area contributed by atoms with E-state index in [1.807, 2.05) is 0 Å². The summed E-state index contributed by atoms with van der Waals surface area (Å²) < 4.78 is 24.9. The van der Waals surface area contributed by atoms with Gasteiger partial charge in [-0.1, -0.05) is 12.5 Å². The van der Waals surface area contributed by atoms with Crippen molar-refractivity contribution in [3.63, 3.8) is 0 Å². The van der Waals surface area contributed by atoms with Crippen molar-refractivity contribution in [3.8, 4) is 0 Å². The lowest BCUT2D eigenvalue weighted by Gasteiger charge is -2.34. The van der Waals surface area contributed by atoms with Crippen molar-refractivity contribution in [3.05, 3.63) is 24.3 Å². The molecule has 1 heterocycles. The van der Waals surface area contributed by atoms with E-state index in [0.29, 0.717) is 24.5 Å². The number of urea groups is 1. The van der Waals surface area contributed by atoms with Gasteiger partial charge in [0.1, 0.15) is 0 Å². The van der Waals surface area contributed by atoms with Gasteiger partial charge in [0.05, 0.1) is 18.6 Å². The van der Waals surface area contributed by atoms with Crippen LogP contribution in [0.25, 0.3) is 0 Å². The minimum absolute atomic E-state index is 0.145. The Balaban J connectivity index is 1.79. The highest BCUT2D eigenvalue weighted by Crippen LogP contribution is 2.17. The van der Waals surface area contributed by atoms with Crippen LogP contribution in [0.15, 0.2) is 24.3 Å². The van der Waals surface area contributed by atoms with Crippen molar-refractivity contribution in [1.29, 1.82) is 0 Å². The zero-order valence-corrected chi connectivity index (χ0v) is 15.2. The van der Waals surface area contributed by atoms with E-state index >= 15 is 0 Å². The van der Waals surface area contributed by atoms with Crippen molar-refractivity contribution in [2.75, 3.05) is 42.5 Å². The Kier molecular flexibility index (Phi) is 7.03. The van der Waals surface area contributed by atoms with Crippen molar-refractivity contribution >= 4 is 27.4 Å². The molecule has 0 bridgehead atoms. The third-order valence-electron chi connectivity index (χ3n) is 4.07. The van der Waals surface area contributed by atoms with Crippen LogP contribution in [0.2, 0.25) is 0 Å². The van der Waals surface area contributed by atoms with Crippen molar-refractivity contribution in [1.82, 2.24) is 10.2 Å². The van der Waals surface area contributed by atoms with Crippen LogP contribution in [0.3, 0.4) is 0 Å². The number of sulfonamides is 1. The van der Waals surface area contributed by atoms with Gasteiger partial charge in [-0.25, -0.2) is 13.2 Å². The van der Waals surface area contributed by atoms with Gasteiger partial charge in [-0.3, -0.25) is 9.62 Å². The third kappa shape index (κ3) is 6.89. The first-order valence-electron chi connectivity index (χ1n) is 8.35. The lowest BCUT2D eigenvalue weighted by Crippen LogP contribution is -2.46. The van der Waals surface area contributed by atoms with Crippen LogP contribution in [0, 0.1) is 0 Å². The van der Waals surface area contributed by atoms with Gasteiger partial charge in [0.15, 0.2) is 0 Å². The summed E-state index contributed by atoms with van der Waals surface area (Å²) >= 11 is 0. The minimum Gasteiger partial charge on any atom is -0.395 e. The van der Waals surface area contributed by atoms with Gasteiger partial charge in [0.25, 0.3) is 0 Å². The summed E-state index contributed by atoms with van der Waals surface area (Å²) in [6.07, 6.45) is 4.30. The van der Waals surface area contributed by atoms with E-state index < -0.39 is 10.0 Å². The maximum absolute atomic E-state index is 12.0. The molecule has 1 aromatic carbocycles. The first-order chi connectivity index (χ1) is 11.9. The second-order valence-electron chi connectivity index (χ2n) is 6.20. The van der Waals surface area contributed by atoms with Gasteiger partial charge < -0.3 is 15.7 Å². The number of anilines is 2. The van der Waals surface area contributed by atoms with Gasteiger partial charge in [0, 0.05) is 24.8 Å². The zero-order valence-electron chi connectivity index (χ0n) is 14.4. The van der Waals surface area contributed by atoms with Gasteiger partial charge in [0.2, 0.25) is 10.0 Å². The van der Waals surface area contributed by atoms with Crippen LogP contribution in [0.5, 0.6) is 0 Å². The summed E-state index contributed by atoms with van der Waals surface area (Å²) in [5.74, 6) is 0. The highest BCUT2D eigenvalue weighted by Gasteiger charge is 2.20. The molecular formula is C16H26N4O4S. The Bertz CT molecular complexity index is 680. The third-order valence-corrected chi connectivity index (χ3v) is 4.67. The van der Waals surface area contributed by atoms with Gasteiger partial charge in [-0.2, -0.15) is 0 Å². The molecule has 140 valence electrons. The molecule has 1 aromatic rings. The molecule has 1 aliphatic heterocycles. The summed E-state index contributed by atoms with van der Waals surface area (Å²) in [6.45, 7) is 2.25. The smallest absolute Gasteiger partial charge is 0.319 e. The molecule has 0 saturated carbocycles. The van der Waals surface area contributed by atoms with Crippen LogP contribution in [0.1, 0.15) is 19.3 Å². The van der Waals surface area contributed by atoms with E-state index in [2.05, 4.69) is 20.3 Å².